The molecule has 0 radical (unpaired) electrons. The minimum Gasteiger partial charge on any atom is -0.494 e. The minimum absolute atomic E-state index is 0.196. The Hall–Kier alpha value is -2.70. The summed E-state index contributed by atoms with van der Waals surface area (Å²) in [5.41, 5.74) is -0.795. The summed E-state index contributed by atoms with van der Waals surface area (Å²) in [5, 5.41) is 2.66. The topological polar surface area (TPSA) is 97.4 Å². The number of alkyl halides is 3. The van der Waals surface area contributed by atoms with Gasteiger partial charge in [-0.3, -0.25) is 4.79 Å². The summed E-state index contributed by atoms with van der Waals surface area (Å²) in [6, 6.07) is 7.60. The lowest BCUT2D eigenvalue weighted by Gasteiger charge is -2.16. The smallest absolute Gasteiger partial charge is 0.417 e. The van der Waals surface area contributed by atoms with E-state index < -0.39 is 38.6 Å². The molecule has 12 heteroatoms. The Kier molecular flexibility index (Phi) is 6.01. The number of carbonyl (C=O) groups is 1. The maximum absolute atomic E-state index is 13.1. The molecule has 3 rings (SSSR count). The van der Waals surface area contributed by atoms with Gasteiger partial charge < -0.3 is 10.1 Å². The highest BCUT2D eigenvalue weighted by atomic mass is 32.2. The number of halogens is 3. The lowest BCUT2D eigenvalue weighted by molar-refractivity contribution is -0.139. The van der Waals surface area contributed by atoms with Crippen molar-refractivity contribution in [2.75, 3.05) is 12.4 Å². The molecule has 0 unspecified atom stereocenters. The van der Waals surface area contributed by atoms with E-state index in [0.717, 1.165) is 28.2 Å². The number of sulfonamides is 1. The summed E-state index contributed by atoms with van der Waals surface area (Å²) in [4.78, 5) is 15.7. The number of ether oxygens (including phenoxy) is 1. The van der Waals surface area contributed by atoms with Crippen molar-refractivity contribution in [1.82, 2.24) is 9.71 Å². The molecule has 2 N–H and O–H groups in total. The lowest BCUT2D eigenvalue weighted by Crippen LogP contribution is -2.42. The molecule has 1 heterocycles. The van der Waals surface area contributed by atoms with Crippen molar-refractivity contribution in [3.63, 3.8) is 0 Å². The molecule has 0 aliphatic heterocycles. The number of nitrogens with zero attached hydrogens (tertiary/aromatic N) is 1. The van der Waals surface area contributed by atoms with Gasteiger partial charge >= 0.3 is 6.18 Å². The highest BCUT2D eigenvalue weighted by Crippen LogP contribution is 2.34. The Bertz CT molecular complexity index is 1190. The van der Waals surface area contributed by atoms with Gasteiger partial charge in [-0.25, -0.2) is 13.4 Å². The molecule has 30 heavy (non-hydrogen) atoms. The number of hydrogen-bond donors (Lipinski definition) is 2. The monoisotopic (exact) mass is 459 g/mol. The molecular formula is C18H16F3N3O4S2. The summed E-state index contributed by atoms with van der Waals surface area (Å²) in [6.45, 7) is 1.22. The number of benzene rings is 2. The molecule has 1 aromatic heterocycles. The number of aromatic nitrogens is 1. The quantitative estimate of drug-likeness (QED) is 0.587. The first-order valence-corrected chi connectivity index (χ1v) is 10.8. The first kappa shape index (κ1) is 22.0. The third kappa shape index (κ3) is 4.55. The highest BCUT2D eigenvalue weighted by molar-refractivity contribution is 7.89. The van der Waals surface area contributed by atoms with Gasteiger partial charge in [0.05, 0.1) is 28.3 Å². The average molecular weight is 459 g/mol. The van der Waals surface area contributed by atoms with E-state index in [2.05, 4.69) is 10.3 Å². The molecule has 160 valence electrons. The van der Waals surface area contributed by atoms with Gasteiger partial charge in [0.25, 0.3) is 0 Å². The fourth-order valence-electron chi connectivity index (χ4n) is 2.64. The zero-order valence-corrected chi connectivity index (χ0v) is 17.3. The van der Waals surface area contributed by atoms with E-state index >= 15 is 0 Å². The van der Waals surface area contributed by atoms with Gasteiger partial charge in [-0.05, 0) is 31.2 Å². The number of amides is 1. The van der Waals surface area contributed by atoms with Crippen molar-refractivity contribution in [2.24, 2.45) is 0 Å². The molecular weight excluding hydrogens is 443 g/mol. The number of rotatable bonds is 6. The maximum atomic E-state index is 13.1. The van der Waals surface area contributed by atoms with E-state index in [1.807, 2.05) is 4.72 Å². The molecule has 0 fully saturated rings. The van der Waals surface area contributed by atoms with Crippen molar-refractivity contribution in [3.05, 3.63) is 48.0 Å². The number of carbonyl (C=O) groups excluding carboxylic acids is 1. The average Bonchev–Trinajstić information content (AvgIpc) is 3.09. The SMILES string of the molecule is COc1cccc2sc(NC(=O)[C@H](C)NS(=O)(=O)c3ccccc3C(F)(F)F)nc12. The van der Waals surface area contributed by atoms with Crippen LogP contribution in [0.1, 0.15) is 12.5 Å². The predicted molar refractivity (Wildman–Crippen MR) is 106 cm³/mol. The molecule has 0 bridgehead atoms. The molecule has 0 aliphatic rings. The van der Waals surface area contributed by atoms with Crippen molar-refractivity contribution < 1.29 is 31.1 Å². The number of anilines is 1. The van der Waals surface area contributed by atoms with Gasteiger partial charge in [0.15, 0.2) is 5.13 Å². The van der Waals surface area contributed by atoms with Crippen LogP contribution in [0, 0.1) is 0 Å². The van der Waals surface area contributed by atoms with E-state index in [0.29, 0.717) is 17.3 Å². The van der Waals surface area contributed by atoms with Crippen LogP contribution in [0.5, 0.6) is 5.75 Å². The van der Waals surface area contributed by atoms with E-state index in [1.165, 1.54) is 20.1 Å². The molecule has 0 saturated heterocycles. The van der Waals surface area contributed by atoms with E-state index in [9.17, 15) is 26.4 Å². The Morgan fingerprint density at radius 2 is 1.87 bits per heavy atom. The summed E-state index contributed by atoms with van der Waals surface area (Å²) in [5.74, 6) is -0.275. The summed E-state index contributed by atoms with van der Waals surface area (Å²) < 4.78 is 72.3. The molecule has 1 atom stereocenters. The lowest BCUT2D eigenvalue weighted by atomic mass is 10.2. The van der Waals surface area contributed by atoms with E-state index in [-0.39, 0.29) is 5.13 Å². The summed E-state index contributed by atoms with van der Waals surface area (Å²) in [7, 11) is -3.14. The van der Waals surface area contributed by atoms with Gasteiger partial charge in [0.2, 0.25) is 15.9 Å². The fraction of sp³-hybridized carbons (Fsp3) is 0.222. The number of nitrogens with one attached hydrogen (secondary N) is 2. The zero-order chi connectivity index (χ0) is 22.1. The van der Waals surface area contributed by atoms with Gasteiger partial charge in [0.1, 0.15) is 11.3 Å². The Balaban J connectivity index is 1.79. The third-order valence-electron chi connectivity index (χ3n) is 4.04. The summed E-state index contributed by atoms with van der Waals surface area (Å²) >= 11 is 1.14. The molecule has 0 aliphatic carbocycles. The zero-order valence-electron chi connectivity index (χ0n) is 15.6. The van der Waals surface area contributed by atoms with Crippen molar-refractivity contribution >= 4 is 42.6 Å². The van der Waals surface area contributed by atoms with Crippen molar-refractivity contribution in [3.8, 4) is 5.75 Å². The van der Waals surface area contributed by atoms with E-state index in [1.54, 1.807) is 18.2 Å². The number of methoxy groups -OCH3 is 1. The largest absolute Gasteiger partial charge is 0.494 e. The van der Waals surface area contributed by atoms with Crippen LogP contribution in [0.4, 0.5) is 18.3 Å². The Morgan fingerprint density at radius 1 is 1.17 bits per heavy atom. The van der Waals surface area contributed by atoms with Gasteiger partial charge in [-0.1, -0.05) is 29.5 Å². The Morgan fingerprint density at radius 3 is 2.53 bits per heavy atom. The van der Waals surface area contributed by atoms with Gasteiger partial charge in [-0.2, -0.15) is 17.9 Å². The number of para-hydroxylation sites is 1. The second-order valence-corrected chi connectivity index (χ2v) is 8.87. The van der Waals surface area contributed by atoms with Crippen LogP contribution < -0.4 is 14.8 Å². The van der Waals surface area contributed by atoms with Crippen LogP contribution in [0.3, 0.4) is 0 Å². The standard InChI is InChI=1S/C18H16F3N3O4S2/c1-10(24-30(26,27)14-9-4-3-6-11(14)18(19,20)21)16(25)23-17-22-15-12(28-2)7-5-8-13(15)29-17/h3-10,24H,1-2H3,(H,22,23,25)/t10-/m0/s1. The van der Waals surface area contributed by atoms with Crippen LogP contribution in [-0.4, -0.2) is 32.5 Å². The molecule has 0 saturated carbocycles. The fourth-order valence-corrected chi connectivity index (χ4v) is 4.96. The van der Waals surface area contributed by atoms with Crippen LogP contribution in [0.15, 0.2) is 47.4 Å². The number of hydrogen-bond acceptors (Lipinski definition) is 6. The summed E-state index contributed by atoms with van der Waals surface area (Å²) in [6.07, 6.45) is -4.86. The normalized spacial score (nSPS) is 13.2. The predicted octanol–water partition coefficient (Wildman–Crippen LogP) is 3.63. The Labute approximate surface area is 173 Å². The number of fused-ring (bicyclic) bond motifs is 1. The maximum Gasteiger partial charge on any atom is 0.417 e. The van der Waals surface area contributed by atoms with Crippen LogP contribution in [-0.2, 0) is 21.0 Å². The molecule has 3 aromatic rings. The van der Waals surface area contributed by atoms with Crippen molar-refractivity contribution in [1.29, 1.82) is 0 Å². The first-order chi connectivity index (χ1) is 14.0. The van der Waals surface area contributed by atoms with Crippen molar-refractivity contribution in [2.45, 2.75) is 24.0 Å². The molecule has 7 nitrogen and oxygen atoms in total. The van der Waals surface area contributed by atoms with E-state index in [4.69, 9.17) is 4.74 Å². The second kappa shape index (κ2) is 8.20. The molecule has 0 spiro atoms. The van der Waals surface area contributed by atoms with Gasteiger partial charge in [0, 0.05) is 0 Å². The minimum atomic E-state index is -4.86. The molecule has 1 amide bonds. The highest BCUT2D eigenvalue weighted by Gasteiger charge is 2.37. The second-order valence-electron chi connectivity index (χ2n) is 6.15. The molecule has 2 aromatic carbocycles. The third-order valence-corrected chi connectivity index (χ3v) is 6.57. The first-order valence-electron chi connectivity index (χ1n) is 8.46. The van der Waals surface area contributed by atoms with Crippen LogP contribution >= 0.6 is 11.3 Å². The van der Waals surface area contributed by atoms with Crippen LogP contribution in [0.25, 0.3) is 10.2 Å². The number of thiazole rings is 1. The van der Waals surface area contributed by atoms with Gasteiger partial charge in [-0.15, -0.1) is 0 Å². The van der Waals surface area contributed by atoms with Crippen LogP contribution in [0.2, 0.25) is 0 Å².